The minimum absolute atomic E-state index is 0.0516. The van der Waals surface area contributed by atoms with Crippen LogP contribution < -0.4 is 15.0 Å². The van der Waals surface area contributed by atoms with E-state index >= 15 is 0 Å². The Labute approximate surface area is 196 Å². The summed E-state index contributed by atoms with van der Waals surface area (Å²) in [6.07, 6.45) is 0. The Morgan fingerprint density at radius 3 is 2.15 bits per heavy atom. The molecule has 34 heavy (non-hydrogen) atoms. The Morgan fingerprint density at radius 2 is 1.56 bits per heavy atom. The molecule has 1 aliphatic heterocycles. The SMILES string of the molecule is CCOc1ccc(C2=C(Nc3ccc(C(C)C)cc3)C(=O)N(c3ccc(F)c(F)c3)C2=O)cc1. The van der Waals surface area contributed by atoms with Crippen molar-refractivity contribution < 1.29 is 23.1 Å². The zero-order chi connectivity index (χ0) is 24.4. The summed E-state index contributed by atoms with van der Waals surface area (Å²) in [5.41, 5.74) is 2.37. The van der Waals surface area contributed by atoms with E-state index in [9.17, 15) is 18.4 Å². The number of rotatable bonds is 7. The largest absolute Gasteiger partial charge is 0.494 e. The predicted octanol–water partition coefficient (Wildman–Crippen LogP) is 5.88. The summed E-state index contributed by atoms with van der Waals surface area (Å²) in [6, 6.07) is 17.2. The van der Waals surface area contributed by atoms with E-state index in [-0.39, 0.29) is 17.0 Å². The smallest absolute Gasteiger partial charge is 0.282 e. The summed E-state index contributed by atoms with van der Waals surface area (Å²) in [5.74, 6) is -2.54. The van der Waals surface area contributed by atoms with Gasteiger partial charge in [-0.2, -0.15) is 0 Å². The van der Waals surface area contributed by atoms with Crippen molar-refractivity contribution in [2.45, 2.75) is 26.7 Å². The number of ether oxygens (including phenoxy) is 1. The van der Waals surface area contributed by atoms with Gasteiger partial charge in [0.1, 0.15) is 11.4 Å². The molecule has 1 N–H and O–H groups in total. The van der Waals surface area contributed by atoms with Gasteiger partial charge in [-0.1, -0.05) is 38.1 Å². The van der Waals surface area contributed by atoms with Crippen molar-refractivity contribution in [3.05, 3.63) is 95.2 Å². The van der Waals surface area contributed by atoms with Crippen LogP contribution in [-0.4, -0.2) is 18.4 Å². The Balaban J connectivity index is 1.77. The monoisotopic (exact) mass is 462 g/mol. The van der Waals surface area contributed by atoms with E-state index in [0.29, 0.717) is 29.5 Å². The molecule has 0 saturated heterocycles. The Bertz CT molecular complexity index is 1270. The molecule has 1 aliphatic rings. The molecule has 3 aromatic rings. The standard InChI is InChI=1S/C27H24F2N2O3/c1-4-34-21-12-7-18(8-13-21)24-25(30-19-9-5-17(6-10-19)16(2)3)27(33)31(26(24)32)20-11-14-22(28)23(29)15-20/h5-16,30H,4H2,1-3H3. The van der Waals surface area contributed by atoms with Gasteiger partial charge >= 0.3 is 0 Å². The molecular weight excluding hydrogens is 438 g/mol. The van der Waals surface area contributed by atoms with Crippen LogP contribution in [0, 0.1) is 11.6 Å². The van der Waals surface area contributed by atoms with Crippen molar-refractivity contribution in [1.29, 1.82) is 0 Å². The lowest BCUT2D eigenvalue weighted by molar-refractivity contribution is -0.120. The zero-order valence-corrected chi connectivity index (χ0v) is 19.1. The lowest BCUT2D eigenvalue weighted by Crippen LogP contribution is -2.32. The molecule has 1 heterocycles. The van der Waals surface area contributed by atoms with E-state index in [1.54, 1.807) is 24.3 Å². The van der Waals surface area contributed by atoms with Gasteiger partial charge in [-0.3, -0.25) is 9.59 Å². The molecule has 5 nitrogen and oxygen atoms in total. The number of carbonyl (C=O) groups is 2. The fourth-order valence-corrected chi connectivity index (χ4v) is 3.75. The van der Waals surface area contributed by atoms with Gasteiger partial charge in [0, 0.05) is 11.8 Å². The number of hydrogen-bond acceptors (Lipinski definition) is 4. The number of amides is 2. The molecule has 3 aromatic carbocycles. The summed E-state index contributed by atoms with van der Waals surface area (Å²) >= 11 is 0. The molecule has 4 rings (SSSR count). The molecule has 0 fully saturated rings. The molecule has 0 saturated carbocycles. The molecule has 174 valence electrons. The van der Waals surface area contributed by atoms with Crippen molar-refractivity contribution in [3.8, 4) is 5.75 Å². The quantitative estimate of drug-likeness (QED) is 0.445. The van der Waals surface area contributed by atoms with Crippen LogP contribution in [0.5, 0.6) is 5.75 Å². The topological polar surface area (TPSA) is 58.6 Å². The van der Waals surface area contributed by atoms with Crippen LogP contribution in [0.2, 0.25) is 0 Å². The molecule has 0 aliphatic carbocycles. The van der Waals surface area contributed by atoms with Crippen LogP contribution in [0.15, 0.2) is 72.4 Å². The lowest BCUT2D eigenvalue weighted by atomic mass is 10.0. The van der Waals surface area contributed by atoms with E-state index in [2.05, 4.69) is 19.2 Å². The first-order valence-corrected chi connectivity index (χ1v) is 11.0. The third-order valence-electron chi connectivity index (χ3n) is 5.55. The normalized spacial score (nSPS) is 13.8. The van der Waals surface area contributed by atoms with Crippen LogP contribution >= 0.6 is 0 Å². The second kappa shape index (κ2) is 9.47. The molecule has 7 heteroatoms. The number of nitrogens with zero attached hydrogens (tertiary/aromatic N) is 1. The van der Waals surface area contributed by atoms with Gasteiger partial charge in [0.2, 0.25) is 0 Å². The number of nitrogens with one attached hydrogen (secondary N) is 1. The number of benzene rings is 3. The maximum Gasteiger partial charge on any atom is 0.282 e. The minimum atomic E-state index is -1.15. The average Bonchev–Trinajstić information content (AvgIpc) is 3.06. The molecule has 0 radical (unpaired) electrons. The Morgan fingerprint density at radius 1 is 0.882 bits per heavy atom. The first kappa shape index (κ1) is 23.2. The highest BCUT2D eigenvalue weighted by Crippen LogP contribution is 2.35. The Kier molecular flexibility index (Phi) is 6.45. The number of carbonyl (C=O) groups excluding carboxylic acids is 2. The van der Waals surface area contributed by atoms with Crippen LogP contribution in [0.4, 0.5) is 20.2 Å². The lowest BCUT2D eigenvalue weighted by Gasteiger charge is -2.16. The van der Waals surface area contributed by atoms with Gasteiger partial charge in [-0.05, 0) is 60.4 Å². The van der Waals surface area contributed by atoms with E-state index in [1.165, 1.54) is 6.07 Å². The van der Waals surface area contributed by atoms with E-state index in [4.69, 9.17) is 4.74 Å². The third-order valence-corrected chi connectivity index (χ3v) is 5.55. The second-order valence-corrected chi connectivity index (χ2v) is 8.15. The number of hydrogen-bond donors (Lipinski definition) is 1. The summed E-state index contributed by atoms with van der Waals surface area (Å²) in [5, 5.41) is 3.07. The van der Waals surface area contributed by atoms with Gasteiger partial charge in [-0.15, -0.1) is 0 Å². The average molecular weight is 462 g/mol. The molecule has 0 spiro atoms. The van der Waals surface area contributed by atoms with Gasteiger partial charge in [-0.25, -0.2) is 13.7 Å². The Hall–Kier alpha value is -4.00. The van der Waals surface area contributed by atoms with Crippen LogP contribution in [0.3, 0.4) is 0 Å². The van der Waals surface area contributed by atoms with E-state index < -0.39 is 23.4 Å². The number of halogens is 2. The first-order chi connectivity index (χ1) is 16.3. The highest BCUT2D eigenvalue weighted by Gasteiger charge is 2.40. The van der Waals surface area contributed by atoms with Crippen molar-refractivity contribution in [3.63, 3.8) is 0 Å². The number of anilines is 2. The van der Waals surface area contributed by atoms with Crippen molar-refractivity contribution in [2.75, 3.05) is 16.8 Å². The molecular formula is C27H24F2N2O3. The van der Waals surface area contributed by atoms with Crippen molar-refractivity contribution in [2.24, 2.45) is 0 Å². The van der Waals surface area contributed by atoms with Crippen molar-refractivity contribution in [1.82, 2.24) is 0 Å². The maximum atomic E-state index is 13.9. The molecule has 0 atom stereocenters. The van der Waals surface area contributed by atoms with Crippen LogP contribution in [0.25, 0.3) is 5.57 Å². The highest BCUT2D eigenvalue weighted by atomic mass is 19.2. The first-order valence-electron chi connectivity index (χ1n) is 11.0. The van der Waals surface area contributed by atoms with Gasteiger partial charge in [0.15, 0.2) is 11.6 Å². The van der Waals surface area contributed by atoms with E-state index in [0.717, 1.165) is 22.6 Å². The predicted molar refractivity (Wildman–Crippen MR) is 128 cm³/mol. The maximum absolute atomic E-state index is 13.9. The summed E-state index contributed by atoms with van der Waals surface area (Å²) in [4.78, 5) is 27.7. The van der Waals surface area contributed by atoms with Gasteiger partial charge < -0.3 is 10.1 Å². The fourth-order valence-electron chi connectivity index (χ4n) is 3.75. The second-order valence-electron chi connectivity index (χ2n) is 8.15. The van der Waals surface area contributed by atoms with Gasteiger partial charge in [0.05, 0.1) is 17.9 Å². The fraction of sp³-hybridized carbons (Fsp3) is 0.185. The van der Waals surface area contributed by atoms with Crippen LogP contribution in [0.1, 0.15) is 37.8 Å². The van der Waals surface area contributed by atoms with Crippen LogP contribution in [-0.2, 0) is 9.59 Å². The molecule has 0 aromatic heterocycles. The van der Waals surface area contributed by atoms with E-state index in [1.807, 2.05) is 31.2 Å². The summed E-state index contributed by atoms with van der Waals surface area (Å²) < 4.78 is 32.8. The summed E-state index contributed by atoms with van der Waals surface area (Å²) in [7, 11) is 0. The molecule has 0 bridgehead atoms. The van der Waals surface area contributed by atoms with Crippen molar-refractivity contribution >= 4 is 28.8 Å². The van der Waals surface area contributed by atoms with Gasteiger partial charge in [0.25, 0.3) is 11.8 Å². The zero-order valence-electron chi connectivity index (χ0n) is 19.1. The summed E-state index contributed by atoms with van der Waals surface area (Å²) in [6.45, 7) is 6.51. The molecule has 2 amide bonds. The molecule has 0 unspecified atom stereocenters. The highest BCUT2D eigenvalue weighted by molar-refractivity contribution is 6.46. The number of imide groups is 1. The minimum Gasteiger partial charge on any atom is -0.494 e. The third kappa shape index (κ3) is 4.41.